The fourth-order valence-electron chi connectivity index (χ4n) is 1.73. The summed E-state index contributed by atoms with van der Waals surface area (Å²) in [5, 5.41) is 0. The molecular weight excluding hydrogens is 283 g/mol. The molecule has 0 heterocycles. The van der Waals surface area contributed by atoms with E-state index >= 15 is 0 Å². The molecule has 0 aliphatic heterocycles. The highest BCUT2D eigenvalue weighted by Gasteiger charge is 2.21. The first-order valence-electron chi connectivity index (χ1n) is 6.61. The Kier molecular flexibility index (Phi) is 4.95. The Labute approximate surface area is 118 Å². The fraction of sp³-hybridized carbons (Fsp3) is 0.538. The summed E-state index contributed by atoms with van der Waals surface area (Å²) >= 11 is 0. The van der Waals surface area contributed by atoms with Gasteiger partial charge in [0.05, 0.1) is 0 Å². The van der Waals surface area contributed by atoms with Crippen molar-refractivity contribution in [1.29, 1.82) is 0 Å². The Balaban J connectivity index is 1.77. The van der Waals surface area contributed by atoms with Crippen molar-refractivity contribution in [2.24, 2.45) is 5.92 Å². The lowest BCUT2D eigenvalue weighted by Gasteiger charge is -2.08. The molecule has 112 valence electrons. The molecule has 1 saturated carbocycles. The van der Waals surface area contributed by atoms with Crippen LogP contribution in [0.2, 0.25) is 0 Å². The van der Waals surface area contributed by atoms with Gasteiger partial charge in [-0.15, -0.1) is 0 Å². The van der Waals surface area contributed by atoms with Crippen LogP contribution in [0.3, 0.4) is 0 Å². The summed E-state index contributed by atoms with van der Waals surface area (Å²) in [7, 11) is -3.83. The highest BCUT2D eigenvalue weighted by molar-refractivity contribution is 7.89. The van der Waals surface area contributed by atoms with Gasteiger partial charge in [0.1, 0.15) is 10.7 Å². The third kappa shape index (κ3) is 4.43. The molecule has 1 aromatic rings. The van der Waals surface area contributed by atoms with Crippen LogP contribution in [-0.4, -0.2) is 28.2 Å². The highest BCUT2D eigenvalue weighted by atomic mass is 32.2. The number of hydrogen-bond donors (Lipinski definition) is 2. The van der Waals surface area contributed by atoms with Crippen LogP contribution in [0.1, 0.15) is 19.3 Å². The third-order valence-corrected chi connectivity index (χ3v) is 4.55. The van der Waals surface area contributed by atoms with Gasteiger partial charge in [-0.2, -0.15) is 0 Å². The molecule has 5 nitrogen and oxygen atoms in total. The van der Waals surface area contributed by atoms with Gasteiger partial charge in [-0.05, 0) is 43.4 Å². The molecule has 3 N–H and O–H groups in total. The molecule has 0 spiro atoms. The lowest BCUT2D eigenvalue weighted by molar-refractivity contribution is 0.123. The van der Waals surface area contributed by atoms with Crippen molar-refractivity contribution < 1.29 is 17.5 Å². The van der Waals surface area contributed by atoms with Crippen LogP contribution in [-0.2, 0) is 14.8 Å². The largest absolute Gasteiger partial charge is 0.399 e. The second-order valence-electron chi connectivity index (χ2n) is 4.96. The van der Waals surface area contributed by atoms with E-state index in [0.717, 1.165) is 18.7 Å². The predicted molar refractivity (Wildman–Crippen MR) is 74.2 cm³/mol. The monoisotopic (exact) mass is 302 g/mol. The topological polar surface area (TPSA) is 81.4 Å². The first kappa shape index (κ1) is 15.2. The van der Waals surface area contributed by atoms with Gasteiger partial charge in [0, 0.05) is 25.4 Å². The molecule has 2 rings (SSSR count). The number of ether oxygens (including phenoxy) is 1. The Morgan fingerprint density at radius 1 is 1.40 bits per heavy atom. The summed E-state index contributed by atoms with van der Waals surface area (Å²) in [6.07, 6.45) is 3.01. The van der Waals surface area contributed by atoms with Crippen LogP contribution < -0.4 is 10.5 Å². The van der Waals surface area contributed by atoms with E-state index in [1.807, 2.05) is 0 Å². The zero-order valence-electron chi connectivity index (χ0n) is 11.1. The quantitative estimate of drug-likeness (QED) is 0.563. The average Bonchev–Trinajstić information content (AvgIpc) is 3.17. The number of hydrogen-bond acceptors (Lipinski definition) is 4. The van der Waals surface area contributed by atoms with E-state index in [4.69, 9.17) is 10.5 Å². The van der Waals surface area contributed by atoms with Crippen LogP contribution in [0, 0.1) is 11.7 Å². The first-order valence-corrected chi connectivity index (χ1v) is 8.10. The van der Waals surface area contributed by atoms with Gasteiger partial charge < -0.3 is 10.5 Å². The highest BCUT2D eigenvalue weighted by Crippen LogP contribution is 2.28. The number of nitrogen functional groups attached to an aromatic ring is 1. The van der Waals surface area contributed by atoms with E-state index in [1.165, 1.54) is 18.9 Å². The van der Waals surface area contributed by atoms with Crippen molar-refractivity contribution in [2.75, 3.05) is 25.5 Å². The van der Waals surface area contributed by atoms with Crippen LogP contribution in [0.25, 0.3) is 0 Å². The van der Waals surface area contributed by atoms with Crippen molar-refractivity contribution in [2.45, 2.75) is 24.2 Å². The van der Waals surface area contributed by atoms with Crippen LogP contribution in [0.4, 0.5) is 10.1 Å². The fourth-order valence-corrected chi connectivity index (χ4v) is 2.86. The Bertz CT molecular complexity index is 559. The number of rotatable bonds is 8. The molecule has 0 bridgehead atoms. The molecule has 0 atom stereocenters. The Hall–Kier alpha value is -1.18. The third-order valence-electron chi connectivity index (χ3n) is 3.05. The molecule has 1 aliphatic rings. The molecule has 1 aromatic carbocycles. The summed E-state index contributed by atoms with van der Waals surface area (Å²) in [6, 6.07) is 3.51. The summed E-state index contributed by atoms with van der Waals surface area (Å²) in [6.45, 7) is 1.47. The maximum atomic E-state index is 13.5. The van der Waals surface area contributed by atoms with Crippen LogP contribution in [0.15, 0.2) is 23.1 Å². The van der Waals surface area contributed by atoms with E-state index in [0.29, 0.717) is 18.9 Å². The van der Waals surface area contributed by atoms with Gasteiger partial charge in [0.25, 0.3) is 0 Å². The van der Waals surface area contributed by atoms with Crippen LogP contribution >= 0.6 is 0 Å². The van der Waals surface area contributed by atoms with E-state index < -0.39 is 15.8 Å². The molecular formula is C13H19FN2O3S. The van der Waals surface area contributed by atoms with Gasteiger partial charge >= 0.3 is 0 Å². The standard InChI is InChI=1S/C13H19FN2O3S/c14-12-8-11(15)4-5-13(12)20(17,18)16-6-1-7-19-9-10-2-3-10/h4-5,8,10,16H,1-3,6-7,9,15H2. The minimum atomic E-state index is -3.83. The summed E-state index contributed by atoms with van der Waals surface area (Å²) in [4.78, 5) is -0.384. The molecule has 20 heavy (non-hydrogen) atoms. The van der Waals surface area contributed by atoms with Crippen molar-refractivity contribution in [1.82, 2.24) is 4.72 Å². The number of nitrogens with one attached hydrogen (secondary N) is 1. The molecule has 0 aromatic heterocycles. The van der Waals surface area contributed by atoms with Gasteiger partial charge in [-0.25, -0.2) is 17.5 Å². The molecule has 1 fully saturated rings. The van der Waals surface area contributed by atoms with E-state index in [2.05, 4.69) is 4.72 Å². The minimum Gasteiger partial charge on any atom is -0.399 e. The van der Waals surface area contributed by atoms with E-state index in [9.17, 15) is 12.8 Å². The summed E-state index contributed by atoms with van der Waals surface area (Å²) in [5.74, 6) is -0.155. The van der Waals surface area contributed by atoms with Gasteiger partial charge in [-0.1, -0.05) is 0 Å². The number of sulfonamides is 1. The zero-order valence-corrected chi connectivity index (χ0v) is 12.0. The maximum absolute atomic E-state index is 13.5. The molecule has 0 unspecified atom stereocenters. The molecule has 0 amide bonds. The zero-order chi connectivity index (χ0) is 14.6. The Morgan fingerprint density at radius 2 is 2.15 bits per heavy atom. The normalized spacial score (nSPS) is 15.4. The van der Waals surface area contributed by atoms with E-state index in [-0.39, 0.29) is 17.1 Å². The molecule has 0 radical (unpaired) electrons. The van der Waals surface area contributed by atoms with Gasteiger partial charge in [-0.3, -0.25) is 0 Å². The maximum Gasteiger partial charge on any atom is 0.243 e. The van der Waals surface area contributed by atoms with Gasteiger partial charge in [0.15, 0.2) is 0 Å². The van der Waals surface area contributed by atoms with Crippen molar-refractivity contribution in [3.63, 3.8) is 0 Å². The lowest BCUT2D eigenvalue weighted by Crippen LogP contribution is -2.26. The van der Waals surface area contributed by atoms with E-state index in [1.54, 1.807) is 0 Å². The van der Waals surface area contributed by atoms with Crippen LogP contribution in [0.5, 0.6) is 0 Å². The van der Waals surface area contributed by atoms with Crippen molar-refractivity contribution >= 4 is 15.7 Å². The molecule has 0 saturated heterocycles. The lowest BCUT2D eigenvalue weighted by atomic mass is 10.3. The SMILES string of the molecule is Nc1ccc(S(=O)(=O)NCCCOCC2CC2)c(F)c1. The first-order chi connectivity index (χ1) is 9.49. The molecule has 1 aliphatic carbocycles. The minimum absolute atomic E-state index is 0.190. The smallest absolute Gasteiger partial charge is 0.243 e. The van der Waals surface area contributed by atoms with Crippen molar-refractivity contribution in [3.05, 3.63) is 24.0 Å². The van der Waals surface area contributed by atoms with Crippen molar-refractivity contribution in [3.8, 4) is 0 Å². The summed E-state index contributed by atoms with van der Waals surface area (Å²) in [5.41, 5.74) is 5.57. The summed E-state index contributed by atoms with van der Waals surface area (Å²) < 4.78 is 45.1. The average molecular weight is 302 g/mol. The number of nitrogens with two attached hydrogens (primary N) is 1. The molecule has 7 heteroatoms. The second-order valence-corrected chi connectivity index (χ2v) is 6.69. The Morgan fingerprint density at radius 3 is 2.80 bits per heavy atom. The predicted octanol–water partition coefficient (Wildman–Crippen LogP) is 1.50. The van der Waals surface area contributed by atoms with Gasteiger partial charge in [0.2, 0.25) is 10.0 Å². The number of benzene rings is 1. The number of anilines is 1. The number of halogens is 1. The second kappa shape index (κ2) is 6.51.